The Morgan fingerprint density at radius 1 is 1.40 bits per heavy atom. The molecule has 0 fully saturated rings. The summed E-state index contributed by atoms with van der Waals surface area (Å²) in [5, 5.41) is 8.09. The molecule has 1 aromatic carbocycles. The van der Waals surface area contributed by atoms with E-state index in [-0.39, 0.29) is 5.78 Å². The summed E-state index contributed by atoms with van der Waals surface area (Å²) in [6.07, 6.45) is 1.43. The van der Waals surface area contributed by atoms with Crippen molar-refractivity contribution in [2.75, 3.05) is 0 Å². The van der Waals surface area contributed by atoms with Crippen LogP contribution < -0.4 is 0 Å². The van der Waals surface area contributed by atoms with Crippen LogP contribution in [0.15, 0.2) is 24.3 Å². The number of rotatable bonds is 4. The molecule has 0 N–H and O–H groups in total. The lowest BCUT2D eigenvalue weighted by atomic mass is 10.2. The predicted molar refractivity (Wildman–Crippen MR) is 57.4 cm³/mol. The van der Waals surface area contributed by atoms with E-state index < -0.39 is 0 Å². The van der Waals surface area contributed by atoms with Gasteiger partial charge >= 0.3 is 0 Å². The smallest absolute Gasteiger partial charge is 0.129 e. The highest BCUT2D eigenvalue weighted by Crippen LogP contribution is 2.10. The van der Waals surface area contributed by atoms with Crippen LogP contribution in [0.2, 0.25) is 0 Å². The van der Waals surface area contributed by atoms with Gasteiger partial charge in [-0.3, -0.25) is 0 Å². The lowest BCUT2D eigenvalue weighted by Crippen LogP contribution is -2.02. The average molecular weight is 203 g/mol. The summed E-state index contributed by atoms with van der Waals surface area (Å²) in [5.74, 6) is 0.222. The van der Waals surface area contributed by atoms with Crippen molar-refractivity contribution in [1.29, 1.82) is 0 Å². The molecule has 2 rings (SSSR count). The molecule has 4 heteroatoms. The van der Waals surface area contributed by atoms with Crippen LogP contribution in [0.5, 0.6) is 0 Å². The van der Waals surface area contributed by atoms with Gasteiger partial charge in [0.1, 0.15) is 11.3 Å². The van der Waals surface area contributed by atoms with Crippen molar-refractivity contribution in [2.45, 2.75) is 26.3 Å². The molecule has 0 spiro atoms. The molecule has 15 heavy (non-hydrogen) atoms. The van der Waals surface area contributed by atoms with Crippen molar-refractivity contribution in [2.24, 2.45) is 0 Å². The lowest BCUT2D eigenvalue weighted by Gasteiger charge is -1.99. The highest BCUT2D eigenvalue weighted by molar-refractivity contribution is 5.75. The van der Waals surface area contributed by atoms with Gasteiger partial charge in [0.2, 0.25) is 0 Å². The standard InChI is InChI=1S/C11H13N3O/c1-9(15)5-4-8-14-11-7-3-2-6-10(11)12-13-14/h2-3,6-7H,4-5,8H2,1H3. The molecule has 1 heterocycles. The molecule has 0 bridgehead atoms. The summed E-state index contributed by atoms with van der Waals surface area (Å²) in [6, 6.07) is 7.83. The zero-order chi connectivity index (χ0) is 10.7. The van der Waals surface area contributed by atoms with Gasteiger partial charge < -0.3 is 4.79 Å². The van der Waals surface area contributed by atoms with Crippen molar-refractivity contribution in [3.05, 3.63) is 24.3 Å². The molecule has 0 saturated carbocycles. The second kappa shape index (κ2) is 4.21. The van der Waals surface area contributed by atoms with Crippen molar-refractivity contribution < 1.29 is 4.79 Å². The van der Waals surface area contributed by atoms with Crippen LogP contribution in [0.3, 0.4) is 0 Å². The summed E-state index contributed by atoms with van der Waals surface area (Å²) >= 11 is 0. The van der Waals surface area contributed by atoms with E-state index in [0.717, 1.165) is 24.0 Å². The number of para-hydroxylation sites is 1. The molecule has 1 aromatic heterocycles. The fourth-order valence-electron chi connectivity index (χ4n) is 1.56. The van der Waals surface area contributed by atoms with Gasteiger partial charge in [0, 0.05) is 13.0 Å². The lowest BCUT2D eigenvalue weighted by molar-refractivity contribution is -0.117. The third kappa shape index (κ3) is 2.21. The third-order valence-electron chi connectivity index (χ3n) is 2.32. The molecule has 0 aliphatic rings. The number of ketones is 1. The summed E-state index contributed by atoms with van der Waals surface area (Å²) < 4.78 is 1.85. The monoisotopic (exact) mass is 203 g/mol. The van der Waals surface area contributed by atoms with Crippen LogP contribution in [0.1, 0.15) is 19.8 Å². The molecule has 0 aliphatic heterocycles. The number of hydrogen-bond donors (Lipinski definition) is 0. The number of carbonyl (C=O) groups is 1. The number of carbonyl (C=O) groups excluding carboxylic acids is 1. The SMILES string of the molecule is CC(=O)CCCn1nnc2ccccc21. The Morgan fingerprint density at radius 3 is 3.00 bits per heavy atom. The van der Waals surface area contributed by atoms with E-state index in [1.54, 1.807) is 6.92 Å². The molecule has 78 valence electrons. The molecule has 0 radical (unpaired) electrons. The average Bonchev–Trinajstić information content (AvgIpc) is 2.62. The van der Waals surface area contributed by atoms with E-state index in [9.17, 15) is 4.79 Å². The summed E-state index contributed by atoms with van der Waals surface area (Å²) in [7, 11) is 0. The van der Waals surface area contributed by atoms with Gasteiger partial charge in [-0.25, -0.2) is 4.68 Å². The Bertz CT molecular complexity index is 475. The molecule has 0 saturated heterocycles. The Kier molecular flexibility index (Phi) is 2.76. The Labute approximate surface area is 87.9 Å². The number of Topliss-reactive ketones (excluding diaryl/α,β-unsaturated/α-hetero) is 1. The normalized spacial score (nSPS) is 10.7. The van der Waals surface area contributed by atoms with Crippen LogP contribution in [-0.4, -0.2) is 20.8 Å². The first kappa shape index (κ1) is 9.83. The van der Waals surface area contributed by atoms with Gasteiger partial charge in [0.25, 0.3) is 0 Å². The first-order valence-corrected chi connectivity index (χ1v) is 5.05. The first-order chi connectivity index (χ1) is 7.27. The largest absolute Gasteiger partial charge is 0.300 e. The van der Waals surface area contributed by atoms with Gasteiger partial charge in [0.05, 0.1) is 5.52 Å². The summed E-state index contributed by atoms with van der Waals surface area (Å²) in [6.45, 7) is 2.36. The number of fused-ring (bicyclic) bond motifs is 1. The Morgan fingerprint density at radius 2 is 2.20 bits per heavy atom. The second-order valence-electron chi connectivity index (χ2n) is 3.61. The van der Waals surface area contributed by atoms with Crippen LogP contribution in [0.4, 0.5) is 0 Å². The number of aryl methyl sites for hydroxylation is 1. The van der Waals surface area contributed by atoms with E-state index >= 15 is 0 Å². The molecule has 0 amide bonds. The van der Waals surface area contributed by atoms with E-state index in [1.165, 1.54) is 0 Å². The van der Waals surface area contributed by atoms with Gasteiger partial charge in [-0.15, -0.1) is 5.10 Å². The number of hydrogen-bond acceptors (Lipinski definition) is 3. The number of benzene rings is 1. The maximum absolute atomic E-state index is 10.8. The van der Waals surface area contributed by atoms with Gasteiger partial charge in [-0.2, -0.15) is 0 Å². The molecular weight excluding hydrogens is 190 g/mol. The topological polar surface area (TPSA) is 47.8 Å². The second-order valence-corrected chi connectivity index (χ2v) is 3.61. The van der Waals surface area contributed by atoms with Crippen LogP contribution >= 0.6 is 0 Å². The van der Waals surface area contributed by atoms with Crippen LogP contribution in [0.25, 0.3) is 11.0 Å². The van der Waals surface area contributed by atoms with Gasteiger partial charge in [-0.05, 0) is 25.5 Å². The van der Waals surface area contributed by atoms with Crippen molar-refractivity contribution in [3.8, 4) is 0 Å². The van der Waals surface area contributed by atoms with E-state index in [1.807, 2.05) is 28.9 Å². The quantitative estimate of drug-likeness (QED) is 0.761. The maximum Gasteiger partial charge on any atom is 0.129 e. The predicted octanol–water partition coefficient (Wildman–Crippen LogP) is 1.80. The fourth-order valence-corrected chi connectivity index (χ4v) is 1.56. The molecule has 0 atom stereocenters. The molecular formula is C11H13N3O. The van der Waals surface area contributed by atoms with Gasteiger partial charge in [-0.1, -0.05) is 17.3 Å². The first-order valence-electron chi connectivity index (χ1n) is 5.05. The molecule has 0 unspecified atom stereocenters. The van der Waals surface area contributed by atoms with Crippen molar-refractivity contribution >= 4 is 16.8 Å². The Hall–Kier alpha value is -1.71. The van der Waals surface area contributed by atoms with Crippen LogP contribution in [0, 0.1) is 0 Å². The Balaban J connectivity index is 2.11. The maximum atomic E-state index is 10.8. The zero-order valence-electron chi connectivity index (χ0n) is 8.68. The highest BCUT2D eigenvalue weighted by Gasteiger charge is 2.02. The zero-order valence-corrected chi connectivity index (χ0v) is 8.68. The summed E-state index contributed by atoms with van der Waals surface area (Å²) in [5.41, 5.74) is 1.93. The van der Waals surface area contributed by atoms with E-state index in [0.29, 0.717) is 6.42 Å². The molecule has 2 aromatic rings. The number of aromatic nitrogens is 3. The van der Waals surface area contributed by atoms with Crippen LogP contribution in [-0.2, 0) is 11.3 Å². The molecule has 0 aliphatic carbocycles. The minimum Gasteiger partial charge on any atom is -0.300 e. The van der Waals surface area contributed by atoms with Gasteiger partial charge in [0.15, 0.2) is 0 Å². The molecule has 4 nitrogen and oxygen atoms in total. The fraction of sp³-hybridized carbons (Fsp3) is 0.364. The number of nitrogens with zero attached hydrogens (tertiary/aromatic N) is 3. The minimum absolute atomic E-state index is 0.222. The third-order valence-corrected chi connectivity index (χ3v) is 2.32. The van der Waals surface area contributed by atoms with E-state index in [2.05, 4.69) is 10.3 Å². The highest BCUT2D eigenvalue weighted by atomic mass is 16.1. The van der Waals surface area contributed by atoms with Crippen molar-refractivity contribution in [1.82, 2.24) is 15.0 Å². The van der Waals surface area contributed by atoms with E-state index in [4.69, 9.17) is 0 Å². The van der Waals surface area contributed by atoms with Crippen molar-refractivity contribution in [3.63, 3.8) is 0 Å². The summed E-state index contributed by atoms with van der Waals surface area (Å²) in [4.78, 5) is 10.8. The minimum atomic E-state index is 0.222.